The molecule has 2 unspecified atom stereocenters. The Bertz CT molecular complexity index is 315. The van der Waals surface area contributed by atoms with E-state index in [4.69, 9.17) is 11.5 Å². The van der Waals surface area contributed by atoms with Gasteiger partial charge in [-0.1, -0.05) is 12.8 Å². The van der Waals surface area contributed by atoms with Crippen molar-refractivity contribution in [1.82, 2.24) is 5.32 Å². The number of nitrogens with one attached hydrogen (secondary N) is 1. The third-order valence-corrected chi connectivity index (χ3v) is 3.92. The number of nitrogens with two attached hydrogens (primary N) is 2. The second-order valence-corrected chi connectivity index (χ2v) is 5.85. The van der Waals surface area contributed by atoms with E-state index >= 15 is 0 Å². The fraction of sp³-hybridized carbons (Fsp3) is 0.846. The van der Waals surface area contributed by atoms with Gasteiger partial charge in [0, 0.05) is 12.5 Å². The third kappa shape index (κ3) is 3.70. The summed E-state index contributed by atoms with van der Waals surface area (Å²) in [6, 6.07) is 0. The van der Waals surface area contributed by atoms with Crippen molar-refractivity contribution in [3.8, 4) is 0 Å². The van der Waals surface area contributed by atoms with Crippen LogP contribution in [0.4, 0.5) is 0 Å². The maximum atomic E-state index is 12.1. The van der Waals surface area contributed by atoms with Crippen molar-refractivity contribution in [3.05, 3.63) is 0 Å². The van der Waals surface area contributed by atoms with Gasteiger partial charge >= 0.3 is 0 Å². The summed E-state index contributed by atoms with van der Waals surface area (Å²) >= 11 is 0. The van der Waals surface area contributed by atoms with E-state index in [-0.39, 0.29) is 24.3 Å². The molecule has 0 spiro atoms. The first-order chi connectivity index (χ1) is 8.38. The van der Waals surface area contributed by atoms with Gasteiger partial charge in [-0.3, -0.25) is 9.59 Å². The van der Waals surface area contributed by atoms with Crippen molar-refractivity contribution in [2.75, 3.05) is 13.1 Å². The van der Waals surface area contributed by atoms with Gasteiger partial charge in [-0.05, 0) is 39.2 Å². The van der Waals surface area contributed by atoms with E-state index in [0.29, 0.717) is 6.54 Å². The summed E-state index contributed by atoms with van der Waals surface area (Å²) in [5.41, 5.74) is 10.3. The molecule has 0 heterocycles. The minimum Gasteiger partial charge on any atom is -0.369 e. The van der Waals surface area contributed by atoms with Crippen LogP contribution in [0.3, 0.4) is 0 Å². The molecule has 0 bridgehead atoms. The molecule has 18 heavy (non-hydrogen) atoms. The van der Waals surface area contributed by atoms with Crippen LogP contribution in [0, 0.1) is 17.3 Å². The van der Waals surface area contributed by atoms with Crippen LogP contribution in [0.25, 0.3) is 0 Å². The number of carbonyl (C=O) groups is 2. The van der Waals surface area contributed by atoms with E-state index in [1.165, 1.54) is 0 Å². The fourth-order valence-corrected chi connectivity index (χ4v) is 2.36. The second-order valence-electron chi connectivity index (χ2n) is 5.85. The van der Waals surface area contributed by atoms with Gasteiger partial charge in [-0.25, -0.2) is 0 Å². The first kappa shape index (κ1) is 15.0. The smallest absolute Gasteiger partial charge is 0.224 e. The Morgan fingerprint density at radius 1 is 1.28 bits per heavy atom. The van der Waals surface area contributed by atoms with Crippen molar-refractivity contribution in [3.63, 3.8) is 0 Å². The lowest BCUT2D eigenvalue weighted by molar-refractivity contribution is -0.130. The van der Waals surface area contributed by atoms with E-state index in [1.54, 1.807) is 13.8 Å². The summed E-state index contributed by atoms with van der Waals surface area (Å²) < 4.78 is 0. The average molecular weight is 255 g/mol. The Morgan fingerprint density at radius 2 is 1.89 bits per heavy atom. The lowest BCUT2D eigenvalue weighted by atomic mass is 9.78. The van der Waals surface area contributed by atoms with Gasteiger partial charge in [0.15, 0.2) is 0 Å². The molecular formula is C13H25N3O2. The minimum atomic E-state index is -0.706. The van der Waals surface area contributed by atoms with Crippen LogP contribution in [-0.2, 0) is 9.59 Å². The van der Waals surface area contributed by atoms with Gasteiger partial charge in [0.1, 0.15) is 0 Å². The molecular weight excluding hydrogens is 230 g/mol. The molecule has 5 heteroatoms. The summed E-state index contributed by atoms with van der Waals surface area (Å²) in [7, 11) is 0. The molecule has 0 radical (unpaired) electrons. The predicted octanol–water partition coefficient (Wildman–Crippen LogP) is 0.379. The summed E-state index contributed by atoms with van der Waals surface area (Å²) in [5.74, 6) is -0.121. The highest BCUT2D eigenvalue weighted by molar-refractivity contribution is 5.83. The van der Waals surface area contributed by atoms with Gasteiger partial charge < -0.3 is 16.8 Å². The molecule has 1 fully saturated rings. The van der Waals surface area contributed by atoms with Crippen molar-refractivity contribution < 1.29 is 9.59 Å². The van der Waals surface area contributed by atoms with Gasteiger partial charge in [-0.15, -0.1) is 0 Å². The van der Waals surface area contributed by atoms with Gasteiger partial charge in [0.05, 0.1) is 5.41 Å². The second kappa shape index (κ2) is 6.18. The quantitative estimate of drug-likeness (QED) is 0.662. The fourth-order valence-electron chi connectivity index (χ4n) is 2.36. The zero-order valence-corrected chi connectivity index (χ0v) is 11.4. The average Bonchev–Trinajstić information content (AvgIpc) is 2.35. The Morgan fingerprint density at radius 3 is 2.44 bits per heavy atom. The van der Waals surface area contributed by atoms with E-state index in [2.05, 4.69) is 5.32 Å². The maximum absolute atomic E-state index is 12.1. The Hall–Kier alpha value is -1.10. The van der Waals surface area contributed by atoms with E-state index < -0.39 is 11.3 Å². The normalized spacial score (nSPS) is 24.6. The molecule has 1 aliphatic carbocycles. The SMILES string of the molecule is CC(C)(CNC(=O)C1CCCCC1CN)C(N)=O. The Labute approximate surface area is 109 Å². The molecule has 0 saturated heterocycles. The van der Waals surface area contributed by atoms with Crippen molar-refractivity contribution >= 4 is 11.8 Å². The lowest BCUT2D eigenvalue weighted by Crippen LogP contribution is -2.46. The molecule has 2 atom stereocenters. The van der Waals surface area contributed by atoms with E-state index in [0.717, 1.165) is 25.7 Å². The van der Waals surface area contributed by atoms with E-state index in [1.807, 2.05) is 0 Å². The molecule has 1 saturated carbocycles. The highest BCUT2D eigenvalue weighted by Gasteiger charge is 2.32. The van der Waals surface area contributed by atoms with Crippen molar-refractivity contribution in [2.24, 2.45) is 28.7 Å². The monoisotopic (exact) mass is 255 g/mol. The zero-order valence-electron chi connectivity index (χ0n) is 11.4. The molecule has 5 N–H and O–H groups in total. The van der Waals surface area contributed by atoms with Crippen molar-refractivity contribution in [1.29, 1.82) is 0 Å². The standard InChI is InChI=1S/C13H25N3O2/c1-13(2,12(15)18)8-16-11(17)10-6-4-3-5-9(10)7-14/h9-10H,3-8,14H2,1-2H3,(H2,15,18)(H,16,17). The number of amides is 2. The first-order valence-corrected chi connectivity index (χ1v) is 6.66. The number of primary amides is 1. The van der Waals surface area contributed by atoms with Crippen LogP contribution in [0.2, 0.25) is 0 Å². The van der Waals surface area contributed by atoms with Crippen LogP contribution >= 0.6 is 0 Å². The maximum Gasteiger partial charge on any atom is 0.224 e. The number of hydrogen-bond acceptors (Lipinski definition) is 3. The zero-order chi connectivity index (χ0) is 13.8. The number of hydrogen-bond donors (Lipinski definition) is 3. The van der Waals surface area contributed by atoms with Gasteiger partial charge in [0.25, 0.3) is 0 Å². The summed E-state index contributed by atoms with van der Waals surface area (Å²) in [4.78, 5) is 23.3. The van der Waals surface area contributed by atoms with Crippen molar-refractivity contribution in [2.45, 2.75) is 39.5 Å². The van der Waals surface area contributed by atoms with Crippen LogP contribution < -0.4 is 16.8 Å². The molecule has 5 nitrogen and oxygen atoms in total. The Kier molecular flexibility index (Phi) is 5.14. The predicted molar refractivity (Wildman–Crippen MR) is 70.5 cm³/mol. The molecule has 2 amide bonds. The van der Waals surface area contributed by atoms with E-state index in [9.17, 15) is 9.59 Å². The lowest BCUT2D eigenvalue weighted by Gasteiger charge is -2.30. The highest BCUT2D eigenvalue weighted by Crippen LogP contribution is 2.29. The molecule has 0 aromatic carbocycles. The number of rotatable bonds is 5. The largest absolute Gasteiger partial charge is 0.369 e. The number of carbonyl (C=O) groups excluding carboxylic acids is 2. The summed E-state index contributed by atoms with van der Waals surface area (Å²) in [5, 5.41) is 2.84. The highest BCUT2D eigenvalue weighted by atomic mass is 16.2. The molecule has 0 aromatic rings. The van der Waals surface area contributed by atoms with Gasteiger partial charge in [-0.2, -0.15) is 0 Å². The van der Waals surface area contributed by atoms with Crippen LogP contribution in [-0.4, -0.2) is 24.9 Å². The third-order valence-electron chi connectivity index (χ3n) is 3.92. The first-order valence-electron chi connectivity index (χ1n) is 6.66. The summed E-state index contributed by atoms with van der Waals surface area (Å²) in [6.07, 6.45) is 4.14. The van der Waals surface area contributed by atoms with Gasteiger partial charge in [0.2, 0.25) is 11.8 Å². The Balaban J connectivity index is 2.51. The minimum absolute atomic E-state index is 0.00701. The molecule has 104 valence electrons. The topological polar surface area (TPSA) is 98.2 Å². The van der Waals surface area contributed by atoms with Crippen LogP contribution in [0.15, 0.2) is 0 Å². The molecule has 1 aliphatic rings. The molecule has 0 aliphatic heterocycles. The van der Waals surface area contributed by atoms with Crippen LogP contribution in [0.1, 0.15) is 39.5 Å². The molecule has 1 rings (SSSR count). The summed E-state index contributed by atoms with van der Waals surface area (Å²) in [6.45, 7) is 4.31. The molecule has 0 aromatic heterocycles. The van der Waals surface area contributed by atoms with Crippen LogP contribution in [0.5, 0.6) is 0 Å².